The van der Waals surface area contributed by atoms with E-state index >= 15 is 0 Å². The lowest BCUT2D eigenvalue weighted by Crippen LogP contribution is -1.99. The van der Waals surface area contributed by atoms with E-state index in [1.165, 1.54) is 18.4 Å². The van der Waals surface area contributed by atoms with Crippen LogP contribution < -0.4 is 14.2 Å². The van der Waals surface area contributed by atoms with Crippen LogP contribution in [0.15, 0.2) is 45.1 Å². The molecule has 0 aliphatic carbocycles. The molecule has 0 bridgehead atoms. The van der Waals surface area contributed by atoms with Gasteiger partial charge in [-0.1, -0.05) is 0 Å². The van der Waals surface area contributed by atoms with Crippen LogP contribution in [0.25, 0.3) is 11.3 Å². The van der Waals surface area contributed by atoms with E-state index in [4.69, 9.17) is 23.4 Å². The minimum atomic E-state index is -0.394. The molecule has 0 amide bonds. The summed E-state index contributed by atoms with van der Waals surface area (Å²) < 4.78 is 26.6. The summed E-state index contributed by atoms with van der Waals surface area (Å²) in [6, 6.07) is 8.84. The highest BCUT2D eigenvalue weighted by molar-refractivity contribution is 7.12. The van der Waals surface area contributed by atoms with Gasteiger partial charge in [-0.2, -0.15) is 0 Å². The van der Waals surface area contributed by atoms with Crippen LogP contribution >= 0.6 is 11.3 Å². The van der Waals surface area contributed by atoms with Crippen molar-refractivity contribution in [3.63, 3.8) is 0 Å². The molecular weight excluding hydrogens is 382 g/mol. The summed E-state index contributed by atoms with van der Waals surface area (Å²) in [5, 5.41) is 1.81. The fraction of sp³-hybridized carbons (Fsp3) is 0.200. The Bertz CT molecular complexity index is 979. The van der Waals surface area contributed by atoms with Crippen LogP contribution in [0.5, 0.6) is 17.2 Å². The number of ether oxygens (including phenoxy) is 4. The van der Waals surface area contributed by atoms with E-state index < -0.39 is 5.97 Å². The summed E-state index contributed by atoms with van der Waals surface area (Å²) in [6.45, 7) is 0. The molecule has 8 heteroatoms. The summed E-state index contributed by atoms with van der Waals surface area (Å²) in [6.07, 6.45) is 1.58. The van der Waals surface area contributed by atoms with Crippen LogP contribution in [0.3, 0.4) is 0 Å². The predicted molar refractivity (Wildman–Crippen MR) is 107 cm³/mol. The molecule has 7 nitrogen and oxygen atoms in total. The molecule has 0 fully saturated rings. The van der Waals surface area contributed by atoms with E-state index in [0.29, 0.717) is 44.9 Å². The van der Waals surface area contributed by atoms with Crippen LogP contribution in [0.2, 0.25) is 0 Å². The quantitative estimate of drug-likeness (QED) is 0.426. The predicted octanol–water partition coefficient (Wildman–Crippen LogP) is 4.57. The first-order valence-electron chi connectivity index (χ1n) is 8.21. The zero-order valence-corrected chi connectivity index (χ0v) is 16.7. The summed E-state index contributed by atoms with van der Waals surface area (Å²) in [4.78, 5) is 16.8. The van der Waals surface area contributed by atoms with Crippen molar-refractivity contribution in [1.29, 1.82) is 0 Å². The van der Waals surface area contributed by atoms with E-state index in [2.05, 4.69) is 4.99 Å². The number of hydrogen-bond acceptors (Lipinski definition) is 8. The van der Waals surface area contributed by atoms with Gasteiger partial charge in [0.15, 0.2) is 11.5 Å². The van der Waals surface area contributed by atoms with E-state index in [1.807, 2.05) is 11.4 Å². The summed E-state index contributed by atoms with van der Waals surface area (Å²) >= 11 is 1.30. The number of thiophene rings is 1. The van der Waals surface area contributed by atoms with Crippen molar-refractivity contribution >= 4 is 29.2 Å². The molecule has 0 unspecified atom stereocenters. The van der Waals surface area contributed by atoms with Gasteiger partial charge in [-0.05, 0) is 23.6 Å². The van der Waals surface area contributed by atoms with Gasteiger partial charge in [0, 0.05) is 17.7 Å². The number of carbonyl (C=O) groups is 1. The molecule has 2 heterocycles. The van der Waals surface area contributed by atoms with Crippen molar-refractivity contribution in [2.75, 3.05) is 28.4 Å². The Hall–Kier alpha value is -3.26. The van der Waals surface area contributed by atoms with E-state index in [-0.39, 0.29) is 0 Å². The van der Waals surface area contributed by atoms with Crippen molar-refractivity contribution in [2.24, 2.45) is 4.99 Å². The Morgan fingerprint density at radius 2 is 1.75 bits per heavy atom. The fourth-order valence-corrected chi connectivity index (χ4v) is 3.42. The Morgan fingerprint density at radius 3 is 2.36 bits per heavy atom. The Labute approximate surface area is 166 Å². The lowest BCUT2D eigenvalue weighted by Gasteiger charge is -2.12. The van der Waals surface area contributed by atoms with Crippen molar-refractivity contribution in [2.45, 2.75) is 0 Å². The second-order valence-electron chi connectivity index (χ2n) is 5.50. The first-order chi connectivity index (χ1) is 13.6. The number of nitrogens with zero attached hydrogens (tertiary/aromatic N) is 1. The van der Waals surface area contributed by atoms with Gasteiger partial charge in [0.1, 0.15) is 16.4 Å². The summed E-state index contributed by atoms with van der Waals surface area (Å²) in [7, 11) is 5.98. The number of methoxy groups -OCH3 is 4. The Balaban J connectivity index is 1.87. The number of rotatable bonds is 7. The largest absolute Gasteiger partial charge is 0.493 e. The molecule has 3 aromatic rings. The molecule has 0 spiro atoms. The van der Waals surface area contributed by atoms with Crippen LogP contribution in [0, 0.1) is 0 Å². The molecule has 0 saturated carbocycles. The highest BCUT2D eigenvalue weighted by Gasteiger charge is 2.17. The van der Waals surface area contributed by atoms with Crippen molar-refractivity contribution in [3.8, 4) is 28.6 Å². The van der Waals surface area contributed by atoms with E-state index in [0.717, 1.165) is 0 Å². The maximum absolute atomic E-state index is 11.8. The third-order valence-electron chi connectivity index (χ3n) is 3.92. The maximum Gasteiger partial charge on any atom is 0.348 e. The van der Waals surface area contributed by atoms with Gasteiger partial charge in [0.05, 0.1) is 40.3 Å². The molecule has 0 aliphatic heterocycles. The van der Waals surface area contributed by atoms with Crippen LogP contribution in [-0.4, -0.2) is 40.6 Å². The standard InChI is InChI=1S/C20H19NO6S/c1-23-16-9-12(10-17(24-2)18(16)25-3)21-11-13-5-6-15(27-13)14-7-8-28-19(14)20(22)26-4/h5-11H,1-4H3. The highest BCUT2D eigenvalue weighted by atomic mass is 32.1. The second kappa shape index (κ2) is 8.62. The number of benzene rings is 1. The highest BCUT2D eigenvalue weighted by Crippen LogP contribution is 2.40. The smallest absolute Gasteiger partial charge is 0.348 e. The molecule has 2 aromatic heterocycles. The van der Waals surface area contributed by atoms with Crippen LogP contribution in [0.1, 0.15) is 15.4 Å². The number of aliphatic imine (C=N–C) groups is 1. The SMILES string of the molecule is COC(=O)c1sccc1-c1ccc(C=Nc2cc(OC)c(OC)c(OC)c2)o1. The Kier molecular flexibility index (Phi) is 6.00. The number of carbonyl (C=O) groups excluding carboxylic acids is 1. The van der Waals surface area contributed by atoms with Crippen LogP contribution in [0.4, 0.5) is 5.69 Å². The number of esters is 1. The summed E-state index contributed by atoms with van der Waals surface area (Å²) in [5.41, 5.74) is 1.29. The molecule has 3 rings (SSSR count). The van der Waals surface area contributed by atoms with Crippen LogP contribution in [-0.2, 0) is 4.74 Å². The van der Waals surface area contributed by atoms with Crippen molar-refractivity contribution < 1.29 is 28.2 Å². The van der Waals surface area contributed by atoms with Gasteiger partial charge in [-0.3, -0.25) is 4.99 Å². The minimum absolute atomic E-state index is 0.394. The lowest BCUT2D eigenvalue weighted by atomic mass is 10.2. The summed E-state index contributed by atoms with van der Waals surface area (Å²) in [5.74, 6) is 2.22. The molecule has 1 aromatic carbocycles. The zero-order valence-electron chi connectivity index (χ0n) is 15.8. The average Bonchev–Trinajstić information content (AvgIpc) is 3.39. The van der Waals surface area contributed by atoms with Gasteiger partial charge in [0.2, 0.25) is 5.75 Å². The molecule has 146 valence electrons. The first-order valence-corrected chi connectivity index (χ1v) is 9.09. The molecule has 0 N–H and O–H groups in total. The van der Waals surface area contributed by atoms with Gasteiger partial charge in [-0.15, -0.1) is 11.3 Å². The zero-order chi connectivity index (χ0) is 20.1. The van der Waals surface area contributed by atoms with E-state index in [9.17, 15) is 4.79 Å². The normalized spacial score (nSPS) is 10.9. The number of hydrogen-bond donors (Lipinski definition) is 0. The minimum Gasteiger partial charge on any atom is -0.493 e. The molecule has 0 aliphatic rings. The van der Waals surface area contributed by atoms with Gasteiger partial charge in [0.25, 0.3) is 0 Å². The molecular formula is C20H19NO6S. The van der Waals surface area contributed by atoms with Gasteiger partial charge in [-0.25, -0.2) is 4.79 Å². The fourth-order valence-electron chi connectivity index (χ4n) is 2.60. The molecule has 0 radical (unpaired) electrons. The number of furan rings is 1. The average molecular weight is 401 g/mol. The monoisotopic (exact) mass is 401 g/mol. The molecule has 0 atom stereocenters. The van der Waals surface area contributed by atoms with E-state index in [1.54, 1.807) is 51.8 Å². The van der Waals surface area contributed by atoms with Crippen molar-refractivity contribution in [3.05, 3.63) is 46.3 Å². The lowest BCUT2D eigenvalue weighted by molar-refractivity contribution is 0.0607. The van der Waals surface area contributed by atoms with Crippen molar-refractivity contribution in [1.82, 2.24) is 0 Å². The molecule has 28 heavy (non-hydrogen) atoms. The Morgan fingerprint density at radius 1 is 1.04 bits per heavy atom. The van der Waals surface area contributed by atoms with Gasteiger partial charge < -0.3 is 23.4 Å². The third-order valence-corrected chi connectivity index (χ3v) is 4.81. The third kappa shape index (κ3) is 3.86. The first kappa shape index (κ1) is 19.5. The molecule has 0 saturated heterocycles. The van der Waals surface area contributed by atoms with Gasteiger partial charge >= 0.3 is 5.97 Å². The second-order valence-corrected chi connectivity index (χ2v) is 6.41. The topological polar surface area (TPSA) is 79.5 Å². The maximum atomic E-state index is 11.8.